The molecule has 0 aliphatic heterocycles. The van der Waals surface area contributed by atoms with Crippen LogP contribution in [0.5, 0.6) is 11.5 Å². The molecular formula is C26H30N2O5S. The number of amides is 1. The number of carbonyl (C=O) groups is 1. The van der Waals surface area contributed by atoms with Gasteiger partial charge >= 0.3 is 0 Å². The summed E-state index contributed by atoms with van der Waals surface area (Å²) in [5.74, 6) is 1.14. The molecule has 3 aromatic rings. The second-order valence-corrected chi connectivity index (χ2v) is 9.62. The van der Waals surface area contributed by atoms with Crippen molar-refractivity contribution >= 4 is 15.9 Å². The van der Waals surface area contributed by atoms with Crippen LogP contribution in [-0.2, 0) is 27.8 Å². The van der Waals surface area contributed by atoms with Gasteiger partial charge in [0.2, 0.25) is 15.9 Å². The molecule has 3 aromatic carbocycles. The molecule has 0 unspecified atom stereocenters. The van der Waals surface area contributed by atoms with E-state index in [0.29, 0.717) is 17.9 Å². The van der Waals surface area contributed by atoms with Gasteiger partial charge in [-0.05, 0) is 54.3 Å². The third-order valence-electron chi connectivity index (χ3n) is 5.47. The van der Waals surface area contributed by atoms with Crippen LogP contribution in [0, 0.1) is 0 Å². The number of sulfonamides is 1. The van der Waals surface area contributed by atoms with Crippen molar-refractivity contribution in [3.05, 3.63) is 89.5 Å². The Labute approximate surface area is 201 Å². The van der Waals surface area contributed by atoms with Crippen molar-refractivity contribution in [3.63, 3.8) is 0 Å². The Morgan fingerprint density at radius 1 is 0.882 bits per heavy atom. The molecule has 0 heterocycles. The van der Waals surface area contributed by atoms with Crippen LogP contribution in [0.25, 0.3) is 0 Å². The van der Waals surface area contributed by atoms with E-state index in [1.807, 2.05) is 49.4 Å². The van der Waals surface area contributed by atoms with E-state index in [1.54, 1.807) is 44.6 Å². The Balaban J connectivity index is 1.52. The largest absolute Gasteiger partial charge is 0.493 e. The van der Waals surface area contributed by atoms with Crippen molar-refractivity contribution in [1.82, 2.24) is 10.0 Å². The minimum atomic E-state index is -3.61. The van der Waals surface area contributed by atoms with E-state index in [2.05, 4.69) is 10.0 Å². The molecule has 7 nitrogen and oxygen atoms in total. The number of ether oxygens (including phenoxy) is 2. The number of rotatable bonds is 11. The van der Waals surface area contributed by atoms with E-state index >= 15 is 0 Å². The topological polar surface area (TPSA) is 93.7 Å². The Kier molecular flexibility index (Phi) is 8.67. The van der Waals surface area contributed by atoms with Crippen LogP contribution in [0.15, 0.2) is 77.7 Å². The molecule has 180 valence electrons. The number of benzene rings is 3. The standard InChI is InChI=1S/C26H30N2O5S/c1-19(22-12-15-24(32-2)25(17-22)33-3)28-26(29)16-11-20-9-13-23(14-10-20)34(30,31)27-18-21-7-5-4-6-8-21/h4-10,12-15,17,19,27H,11,16,18H2,1-3H3,(H,28,29)/t19-/m0/s1. The average molecular weight is 483 g/mol. The molecule has 8 heteroatoms. The van der Waals surface area contributed by atoms with Crippen LogP contribution in [0.3, 0.4) is 0 Å². The van der Waals surface area contributed by atoms with Crippen LogP contribution < -0.4 is 19.5 Å². The van der Waals surface area contributed by atoms with Crippen LogP contribution >= 0.6 is 0 Å². The second-order valence-electron chi connectivity index (χ2n) is 7.86. The fourth-order valence-corrected chi connectivity index (χ4v) is 4.49. The van der Waals surface area contributed by atoms with Crippen molar-refractivity contribution in [2.24, 2.45) is 0 Å². The lowest BCUT2D eigenvalue weighted by atomic mass is 10.1. The molecule has 3 rings (SSSR count). The Bertz CT molecular complexity index is 1200. The summed E-state index contributed by atoms with van der Waals surface area (Å²) < 4.78 is 38.2. The quantitative estimate of drug-likeness (QED) is 0.431. The first-order chi connectivity index (χ1) is 16.3. The number of methoxy groups -OCH3 is 2. The lowest BCUT2D eigenvalue weighted by Crippen LogP contribution is -2.26. The van der Waals surface area contributed by atoms with Gasteiger partial charge in [0, 0.05) is 13.0 Å². The minimum absolute atomic E-state index is 0.0940. The lowest BCUT2D eigenvalue weighted by molar-refractivity contribution is -0.121. The summed E-state index contributed by atoms with van der Waals surface area (Å²) in [5, 5.41) is 2.98. The zero-order valence-corrected chi connectivity index (χ0v) is 20.4. The van der Waals surface area contributed by atoms with Crippen LogP contribution in [0.4, 0.5) is 0 Å². The van der Waals surface area contributed by atoms with Gasteiger partial charge in [0.1, 0.15) is 0 Å². The summed E-state index contributed by atoms with van der Waals surface area (Å²) in [4.78, 5) is 12.6. The molecule has 0 radical (unpaired) electrons. The van der Waals surface area contributed by atoms with E-state index in [9.17, 15) is 13.2 Å². The van der Waals surface area contributed by atoms with Crippen molar-refractivity contribution < 1.29 is 22.7 Å². The number of hydrogen-bond acceptors (Lipinski definition) is 5. The molecule has 0 fully saturated rings. The highest BCUT2D eigenvalue weighted by Crippen LogP contribution is 2.29. The fourth-order valence-electron chi connectivity index (χ4n) is 3.47. The summed E-state index contributed by atoms with van der Waals surface area (Å²) in [6, 6.07) is 21.3. The van der Waals surface area contributed by atoms with Crippen LogP contribution in [0.2, 0.25) is 0 Å². The van der Waals surface area contributed by atoms with Gasteiger partial charge in [-0.25, -0.2) is 13.1 Å². The van der Waals surface area contributed by atoms with Crippen molar-refractivity contribution in [2.45, 2.75) is 37.2 Å². The molecule has 1 amide bonds. The minimum Gasteiger partial charge on any atom is -0.493 e. The van der Waals surface area contributed by atoms with E-state index in [-0.39, 0.29) is 29.8 Å². The summed E-state index contributed by atoms with van der Waals surface area (Å²) in [5.41, 5.74) is 2.68. The molecule has 0 bridgehead atoms. The average Bonchev–Trinajstić information content (AvgIpc) is 2.86. The Morgan fingerprint density at radius 2 is 1.56 bits per heavy atom. The molecule has 1 atom stereocenters. The van der Waals surface area contributed by atoms with Gasteiger partial charge in [-0.2, -0.15) is 0 Å². The third kappa shape index (κ3) is 6.82. The first-order valence-corrected chi connectivity index (χ1v) is 12.4. The number of hydrogen-bond donors (Lipinski definition) is 2. The van der Waals surface area contributed by atoms with Crippen molar-refractivity contribution in [2.75, 3.05) is 14.2 Å². The fraction of sp³-hybridized carbons (Fsp3) is 0.269. The van der Waals surface area contributed by atoms with E-state index in [0.717, 1.165) is 16.7 Å². The highest BCUT2D eigenvalue weighted by Gasteiger charge is 2.15. The maximum atomic E-state index is 12.5. The maximum Gasteiger partial charge on any atom is 0.240 e. The summed E-state index contributed by atoms with van der Waals surface area (Å²) in [6.45, 7) is 2.13. The van der Waals surface area contributed by atoms with E-state index in [4.69, 9.17) is 9.47 Å². The Morgan fingerprint density at radius 3 is 2.21 bits per heavy atom. The number of carbonyl (C=O) groups excluding carboxylic acids is 1. The zero-order valence-electron chi connectivity index (χ0n) is 19.6. The van der Waals surface area contributed by atoms with Crippen LogP contribution in [-0.4, -0.2) is 28.5 Å². The zero-order chi connectivity index (χ0) is 24.6. The van der Waals surface area contributed by atoms with E-state index < -0.39 is 10.0 Å². The highest BCUT2D eigenvalue weighted by molar-refractivity contribution is 7.89. The highest BCUT2D eigenvalue weighted by atomic mass is 32.2. The molecule has 34 heavy (non-hydrogen) atoms. The first kappa shape index (κ1) is 25.3. The van der Waals surface area contributed by atoms with Gasteiger partial charge in [-0.3, -0.25) is 4.79 Å². The van der Waals surface area contributed by atoms with Gasteiger partial charge in [0.05, 0.1) is 25.2 Å². The van der Waals surface area contributed by atoms with Gasteiger partial charge in [0.15, 0.2) is 11.5 Å². The van der Waals surface area contributed by atoms with Crippen molar-refractivity contribution in [3.8, 4) is 11.5 Å². The molecule has 2 N–H and O–H groups in total. The first-order valence-electron chi connectivity index (χ1n) is 11.0. The molecule has 0 aliphatic carbocycles. The molecule has 0 spiro atoms. The summed E-state index contributed by atoms with van der Waals surface area (Å²) in [7, 11) is -0.467. The predicted octanol–water partition coefficient (Wildman–Crippen LogP) is 3.99. The Hall–Kier alpha value is -3.36. The van der Waals surface area contributed by atoms with Gasteiger partial charge < -0.3 is 14.8 Å². The molecule has 0 saturated heterocycles. The predicted molar refractivity (Wildman–Crippen MR) is 131 cm³/mol. The summed E-state index contributed by atoms with van der Waals surface area (Å²) >= 11 is 0. The molecular weight excluding hydrogens is 452 g/mol. The number of nitrogens with one attached hydrogen (secondary N) is 2. The number of aryl methyl sites for hydroxylation is 1. The van der Waals surface area contributed by atoms with Crippen LogP contribution in [0.1, 0.15) is 36.1 Å². The normalized spacial score (nSPS) is 12.1. The second kappa shape index (κ2) is 11.7. The summed E-state index contributed by atoms with van der Waals surface area (Å²) in [6.07, 6.45) is 0.790. The van der Waals surface area contributed by atoms with Gasteiger partial charge in [-0.1, -0.05) is 48.5 Å². The van der Waals surface area contributed by atoms with Gasteiger partial charge in [0.25, 0.3) is 0 Å². The SMILES string of the molecule is COc1ccc([C@H](C)NC(=O)CCc2ccc(S(=O)(=O)NCc3ccccc3)cc2)cc1OC. The van der Waals surface area contributed by atoms with E-state index in [1.165, 1.54) is 0 Å². The van der Waals surface area contributed by atoms with Crippen molar-refractivity contribution in [1.29, 1.82) is 0 Å². The molecule has 0 aromatic heterocycles. The lowest BCUT2D eigenvalue weighted by Gasteiger charge is -2.16. The molecule has 0 saturated carbocycles. The molecule has 0 aliphatic rings. The maximum absolute atomic E-state index is 12.5. The van der Waals surface area contributed by atoms with Gasteiger partial charge in [-0.15, -0.1) is 0 Å². The smallest absolute Gasteiger partial charge is 0.240 e. The monoisotopic (exact) mass is 482 g/mol. The third-order valence-corrected chi connectivity index (χ3v) is 6.89.